The van der Waals surface area contributed by atoms with Crippen LogP contribution < -0.4 is 9.47 Å². The summed E-state index contributed by atoms with van der Waals surface area (Å²) in [5, 5.41) is 0. The molecule has 0 saturated carbocycles. The third-order valence-electron chi connectivity index (χ3n) is 2.69. The number of benzene rings is 1. The van der Waals surface area contributed by atoms with Crippen LogP contribution >= 0.6 is 11.6 Å². The van der Waals surface area contributed by atoms with Gasteiger partial charge in [-0.25, -0.2) is 0 Å². The molecule has 0 aliphatic carbocycles. The van der Waals surface area contributed by atoms with Crippen molar-refractivity contribution in [1.29, 1.82) is 0 Å². The van der Waals surface area contributed by atoms with Crippen LogP contribution in [-0.4, -0.2) is 12.7 Å². The van der Waals surface area contributed by atoms with Gasteiger partial charge in [-0.1, -0.05) is 19.4 Å². The molecule has 2 nitrogen and oxygen atoms in total. The fourth-order valence-electron chi connectivity index (χ4n) is 1.85. The Kier molecular flexibility index (Phi) is 3.37. The number of hydrogen-bond acceptors (Lipinski definition) is 2. The minimum Gasteiger partial charge on any atom is -0.454 e. The van der Waals surface area contributed by atoms with Crippen molar-refractivity contribution >= 4 is 11.6 Å². The van der Waals surface area contributed by atoms with Crippen LogP contribution in [0.25, 0.3) is 0 Å². The average molecular weight is 227 g/mol. The fourth-order valence-corrected chi connectivity index (χ4v) is 2.18. The maximum Gasteiger partial charge on any atom is 0.231 e. The molecule has 1 aromatic carbocycles. The molecule has 0 bridgehead atoms. The van der Waals surface area contributed by atoms with Gasteiger partial charge in [-0.15, -0.1) is 11.6 Å². The summed E-state index contributed by atoms with van der Waals surface area (Å²) in [6, 6.07) is 6.09. The van der Waals surface area contributed by atoms with E-state index in [1.54, 1.807) is 0 Å². The molecule has 1 aliphatic heterocycles. The van der Waals surface area contributed by atoms with E-state index in [0.29, 0.717) is 18.6 Å². The van der Waals surface area contributed by atoms with Crippen molar-refractivity contribution in [1.82, 2.24) is 0 Å². The molecule has 1 unspecified atom stereocenters. The van der Waals surface area contributed by atoms with Gasteiger partial charge in [-0.3, -0.25) is 0 Å². The molecule has 15 heavy (non-hydrogen) atoms. The Labute approximate surface area is 95.1 Å². The Hall–Kier alpha value is -0.890. The second-order valence-corrected chi connectivity index (χ2v) is 4.06. The largest absolute Gasteiger partial charge is 0.454 e. The summed E-state index contributed by atoms with van der Waals surface area (Å²) >= 11 is 5.96. The molecule has 3 heteroatoms. The quantitative estimate of drug-likeness (QED) is 0.732. The molecule has 0 amide bonds. The first-order valence-corrected chi connectivity index (χ1v) is 5.84. The van der Waals surface area contributed by atoms with E-state index in [1.807, 2.05) is 12.1 Å². The minimum atomic E-state index is 0.331. The lowest BCUT2D eigenvalue weighted by atomic mass is 9.96. The molecule has 1 aromatic rings. The maximum absolute atomic E-state index is 5.96. The predicted octanol–water partition coefficient (Wildman–Crippen LogP) is 3.54. The Morgan fingerprint density at radius 3 is 2.87 bits per heavy atom. The zero-order valence-corrected chi connectivity index (χ0v) is 9.59. The molecule has 0 saturated heterocycles. The predicted molar refractivity (Wildman–Crippen MR) is 60.9 cm³/mol. The highest BCUT2D eigenvalue weighted by Gasteiger charge is 2.16. The summed E-state index contributed by atoms with van der Waals surface area (Å²) in [6.07, 6.45) is 2.26. The van der Waals surface area contributed by atoms with Crippen molar-refractivity contribution in [2.75, 3.05) is 12.7 Å². The van der Waals surface area contributed by atoms with Crippen LogP contribution in [0.3, 0.4) is 0 Å². The summed E-state index contributed by atoms with van der Waals surface area (Å²) in [5.74, 6) is 2.77. The van der Waals surface area contributed by atoms with Gasteiger partial charge in [0.25, 0.3) is 0 Å². The van der Waals surface area contributed by atoms with Crippen LogP contribution in [0.2, 0.25) is 0 Å². The highest BCUT2D eigenvalue weighted by molar-refractivity contribution is 6.18. The smallest absolute Gasteiger partial charge is 0.231 e. The number of alkyl halides is 1. The summed E-state index contributed by atoms with van der Waals surface area (Å²) in [5.41, 5.74) is 1.25. The lowest BCUT2D eigenvalue weighted by molar-refractivity contribution is 0.174. The van der Waals surface area contributed by atoms with Crippen LogP contribution in [0.1, 0.15) is 31.2 Å². The highest BCUT2D eigenvalue weighted by Crippen LogP contribution is 2.35. The first kappa shape index (κ1) is 10.6. The zero-order chi connectivity index (χ0) is 10.7. The van der Waals surface area contributed by atoms with Crippen molar-refractivity contribution in [3.8, 4) is 11.5 Å². The van der Waals surface area contributed by atoms with Crippen LogP contribution in [0, 0.1) is 0 Å². The first-order chi connectivity index (χ1) is 7.35. The number of ether oxygens (including phenoxy) is 2. The van der Waals surface area contributed by atoms with Gasteiger partial charge in [0, 0.05) is 5.88 Å². The Bertz CT molecular complexity index is 338. The summed E-state index contributed by atoms with van der Waals surface area (Å²) in [4.78, 5) is 0. The summed E-state index contributed by atoms with van der Waals surface area (Å²) in [7, 11) is 0. The highest BCUT2D eigenvalue weighted by atomic mass is 35.5. The molecule has 0 radical (unpaired) electrons. The Balaban J connectivity index is 2.20. The summed E-state index contributed by atoms with van der Waals surface area (Å²) in [6.45, 7) is 2.50. The molecule has 0 aromatic heterocycles. The molecule has 82 valence electrons. The topological polar surface area (TPSA) is 18.5 Å². The third kappa shape index (κ3) is 2.20. The van der Waals surface area contributed by atoms with Crippen molar-refractivity contribution in [3.05, 3.63) is 23.8 Å². The number of halogens is 1. The van der Waals surface area contributed by atoms with Crippen molar-refractivity contribution in [3.63, 3.8) is 0 Å². The van der Waals surface area contributed by atoms with E-state index in [9.17, 15) is 0 Å². The van der Waals surface area contributed by atoms with Gasteiger partial charge in [0.2, 0.25) is 6.79 Å². The van der Waals surface area contributed by atoms with E-state index in [0.717, 1.165) is 24.3 Å². The number of hydrogen-bond donors (Lipinski definition) is 0. The van der Waals surface area contributed by atoms with Gasteiger partial charge < -0.3 is 9.47 Å². The second kappa shape index (κ2) is 4.75. The zero-order valence-electron chi connectivity index (χ0n) is 8.83. The van der Waals surface area contributed by atoms with Gasteiger partial charge in [-0.2, -0.15) is 0 Å². The van der Waals surface area contributed by atoms with Crippen molar-refractivity contribution in [2.24, 2.45) is 0 Å². The maximum atomic E-state index is 5.96. The van der Waals surface area contributed by atoms with Gasteiger partial charge >= 0.3 is 0 Å². The summed E-state index contributed by atoms with van der Waals surface area (Å²) < 4.78 is 10.6. The lowest BCUT2D eigenvalue weighted by Crippen LogP contribution is -1.99. The first-order valence-electron chi connectivity index (χ1n) is 5.30. The van der Waals surface area contributed by atoms with Crippen molar-refractivity contribution < 1.29 is 9.47 Å². The van der Waals surface area contributed by atoms with Crippen LogP contribution in [0.5, 0.6) is 11.5 Å². The molecule has 2 rings (SSSR count). The lowest BCUT2D eigenvalue weighted by Gasteiger charge is -2.13. The van der Waals surface area contributed by atoms with Crippen LogP contribution in [0.4, 0.5) is 0 Å². The second-order valence-electron chi connectivity index (χ2n) is 3.75. The van der Waals surface area contributed by atoms with E-state index in [2.05, 4.69) is 13.0 Å². The molecule has 1 aliphatic rings. The van der Waals surface area contributed by atoms with Gasteiger partial charge in [0.1, 0.15) is 0 Å². The molecule has 1 heterocycles. The van der Waals surface area contributed by atoms with Gasteiger partial charge in [0.05, 0.1) is 0 Å². The Morgan fingerprint density at radius 2 is 2.13 bits per heavy atom. The minimum absolute atomic E-state index is 0.331. The molecule has 0 spiro atoms. The van der Waals surface area contributed by atoms with Gasteiger partial charge in [0.15, 0.2) is 11.5 Å². The van der Waals surface area contributed by atoms with E-state index in [1.165, 1.54) is 5.56 Å². The molecular weight excluding hydrogens is 212 g/mol. The third-order valence-corrected chi connectivity index (χ3v) is 3.06. The van der Waals surface area contributed by atoms with Gasteiger partial charge in [-0.05, 0) is 30.0 Å². The number of fused-ring (bicyclic) bond motifs is 1. The SMILES string of the molecule is CCCC(CCl)c1ccc2c(c1)OCO2. The van der Waals surface area contributed by atoms with E-state index < -0.39 is 0 Å². The monoisotopic (exact) mass is 226 g/mol. The van der Waals surface area contributed by atoms with E-state index in [4.69, 9.17) is 21.1 Å². The molecule has 0 N–H and O–H groups in total. The van der Waals surface area contributed by atoms with E-state index >= 15 is 0 Å². The number of rotatable bonds is 4. The average Bonchev–Trinajstić information content (AvgIpc) is 2.72. The standard InChI is InChI=1S/C12H15ClO2/c1-2-3-10(7-13)9-4-5-11-12(6-9)15-8-14-11/h4-6,10H,2-3,7-8H2,1H3. The Morgan fingerprint density at radius 1 is 1.33 bits per heavy atom. The van der Waals surface area contributed by atoms with Crippen LogP contribution in [-0.2, 0) is 0 Å². The van der Waals surface area contributed by atoms with E-state index in [-0.39, 0.29) is 0 Å². The molecule has 0 fully saturated rings. The molecular formula is C12H15ClO2. The van der Waals surface area contributed by atoms with Crippen LogP contribution in [0.15, 0.2) is 18.2 Å². The fraction of sp³-hybridized carbons (Fsp3) is 0.500. The normalized spacial score (nSPS) is 15.3. The molecule has 1 atom stereocenters. The van der Waals surface area contributed by atoms with Crippen molar-refractivity contribution in [2.45, 2.75) is 25.7 Å².